The van der Waals surface area contributed by atoms with Crippen molar-refractivity contribution >= 4 is 5.97 Å². The molecular formula is C11H21NO2. The van der Waals surface area contributed by atoms with Gasteiger partial charge in [0.1, 0.15) is 0 Å². The first-order chi connectivity index (χ1) is 6.74. The standard InChI is InChI=1S/C11H21NO2/c1-2-3-7-12-8-5-4-6-10(12)9-11(13)14/h10H,2-9H2,1H3,(H,13,14)/t10-/m1/s1. The van der Waals surface area contributed by atoms with Gasteiger partial charge in [-0.2, -0.15) is 0 Å². The lowest BCUT2D eigenvalue weighted by Crippen LogP contribution is -2.41. The van der Waals surface area contributed by atoms with Crippen LogP contribution in [-0.2, 0) is 4.79 Å². The first-order valence-corrected chi connectivity index (χ1v) is 5.70. The van der Waals surface area contributed by atoms with Crippen LogP contribution < -0.4 is 0 Å². The predicted octanol–water partition coefficient (Wildman–Crippen LogP) is 2.12. The van der Waals surface area contributed by atoms with Crippen molar-refractivity contribution in [1.29, 1.82) is 0 Å². The number of aliphatic carboxylic acids is 1. The van der Waals surface area contributed by atoms with Crippen LogP contribution >= 0.6 is 0 Å². The Labute approximate surface area is 86.1 Å². The van der Waals surface area contributed by atoms with Crippen LogP contribution in [0.2, 0.25) is 0 Å². The zero-order valence-corrected chi connectivity index (χ0v) is 9.04. The van der Waals surface area contributed by atoms with Crippen LogP contribution in [0, 0.1) is 0 Å². The molecule has 1 fully saturated rings. The van der Waals surface area contributed by atoms with Gasteiger partial charge < -0.3 is 5.11 Å². The molecule has 0 unspecified atom stereocenters. The summed E-state index contributed by atoms with van der Waals surface area (Å²) < 4.78 is 0. The van der Waals surface area contributed by atoms with E-state index in [0.29, 0.717) is 12.5 Å². The summed E-state index contributed by atoms with van der Waals surface area (Å²) in [6.45, 7) is 4.35. The van der Waals surface area contributed by atoms with Crippen LogP contribution in [0.3, 0.4) is 0 Å². The molecule has 1 N–H and O–H groups in total. The number of piperidine rings is 1. The van der Waals surface area contributed by atoms with E-state index in [4.69, 9.17) is 5.11 Å². The van der Waals surface area contributed by atoms with Crippen molar-refractivity contribution in [3.63, 3.8) is 0 Å². The summed E-state index contributed by atoms with van der Waals surface area (Å²) in [4.78, 5) is 13.0. The van der Waals surface area contributed by atoms with Crippen LogP contribution in [0.5, 0.6) is 0 Å². The number of carboxylic acids is 1. The van der Waals surface area contributed by atoms with Crippen molar-refractivity contribution < 1.29 is 9.90 Å². The van der Waals surface area contributed by atoms with Gasteiger partial charge in [0.25, 0.3) is 0 Å². The number of hydrogen-bond acceptors (Lipinski definition) is 2. The molecule has 82 valence electrons. The van der Waals surface area contributed by atoms with E-state index in [1.54, 1.807) is 0 Å². The number of carboxylic acid groups (broad SMARTS) is 1. The Hall–Kier alpha value is -0.570. The quantitative estimate of drug-likeness (QED) is 0.737. The fraction of sp³-hybridized carbons (Fsp3) is 0.909. The molecule has 1 rings (SSSR count). The zero-order chi connectivity index (χ0) is 10.4. The zero-order valence-electron chi connectivity index (χ0n) is 9.04. The molecule has 3 nitrogen and oxygen atoms in total. The Morgan fingerprint density at radius 3 is 2.93 bits per heavy atom. The van der Waals surface area contributed by atoms with Gasteiger partial charge >= 0.3 is 5.97 Å². The first-order valence-electron chi connectivity index (χ1n) is 5.70. The van der Waals surface area contributed by atoms with E-state index >= 15 is 0 Å². The average molecular weight is 199 g/mol. The second kappa shape index (κ2) is 6.02. The van der Waals surface area contributed by atoms with Crippen LogP contribution in [0.4, 0.5) is 0 Å². The molecule has 1 heterocycles. The smallest absolute Gasteiger partial charge is 0.304 e. The van der Waals surface area contributed by atoms with Gasteiger partial charge in [-0.15, -0.1) is 0 Å². The summed E-state index contributed by atoms with van der Waals surface area (Å²) in [5, 5.41) is 8.78. The van der Waals surface area contributed by atoms with Crippen LogP contribution in [0.25, 0.3) is 0 Å². The minimum absolute atomic E-state index is 0.299. The highest BCUT2D eigenvalue weighted by molar-refractivity contribution is 5.67. The molecular weight excluding hydrogens is 178 g/mol. The molecule has 1 saturated heterocycles. The molecule has 0 saturated carbocycles. The minimum atomic E-state index is -0.654. The highest BCUT2D eigenvalue weighted by Crippen LogP contribution is 2.19. The lowest BCUT2D eigenvalue weighted by Gasteiger charge is -2.34. The fourth-order valence-electron chi connectivity index (χ4n) is 2.15. The molecule has 14 heavy (non-hydrogen) atoms. The second-order valence-electron chi connectivity index (χ2n) is 4.14. The van der Waals surface area contributed by atoms with Crippen molar-refractivity contribution in [3.05, 3.63) is 0 Å². The maximum absolute atomic E-state index is 10.7. The van der Waals surface area contributed by atoms with E-state index in [-0.39, 0.29) is 0 Å². The molecule has 0 aliphatic carbocycles. The van der Waals surface area contributed by atoms with E-state index in [1.807, 2.05) is 0 Å². The summed E-state index contributed by atoms with van der Waals surface area (Å²) >= 11 is 0. The number of nitrogens with zero attached hydrogens (tertiary/aromatic N) is 1. The molecule has 0 spiro atoms. The van der Waals surface area contributed by atoms with Crippen molar-refractivity contribution in [2.45, 2.75) is 51.5 Å². The van der Waals surface area contributed by atoms with Crippen molar-refractivity contribution in [3.8, 4) is 0 Å². The first kappa shape index (κ1) is 11.5. The highest BCUT2D eigenvalue weighted by atomic mass is 16.4. The summed E-state index contributed by atoms with van der Waals surface area (Å²) in [5.74, 6) is -0.654. The monoisotopic (exact) mass is 199 g/mol. The lowest BCUT2D eigenvalue weighted by molar-refractivity contribution is -0.138. The van der Waals surface area contributed by atoms with Crippen LogP contribution in [-0.4, -0.2) is 35.1 Å². The van der Waals surface area contributed by atoms with Gasteiger partial charge in [-0.3, -0.25) is 9.69 Å². The molecule has 0 aromatic rings. The maximum Gasteiger partial charge on any atom is 0.304 e. The molecule has 3 heteroatoms. The number of hydrogen-bond donors (Lipinski definition) is 1. The third kappa shape index (κ3) is 3.66. The summed E-state index contributed by atoms with van der Waals surface area (Å²) in [6, 6.07) is 0.299. The molecule has 0 bridgehead atoms. The molecule has 0 amide bonds. The highest BCUT2D eigenvalue weighted by Gasteiger charge is 2.23. The Kier molecular flexibility index (Phi) is 4.94. The molecule has 0 aromatic heterocycles. The van der Waals surface area contributed by atoms with Crippen LogP contribution in [0.15, 0.2) is 0 Å². The van der Waals surface area contributed by atoms with Crippen molar-refractivity contribution in [2.75, 3.05) is 13.1 Å². The normalized spacial score (nSPS) is 23.6. The topological polar surface area (TPSA) is 40.5 Å². The summed E-state index contributed by atoms with van der Waals surface area (Å²) in [7, 11) is 0. The lowest BCUT2D eigenvalue weighted by atomic mass is 9.99. The van der Waals surface area contributed by atoms with Gasteiger partial charge in [0, 0.05) is 6.04 Å². The largest absolute Gasteiger partial charge is 0.481 e. The van der Waals surface area contributed by atoms with Gasteiger partial charge in [0.15, 0.2) is 0 Å². The van der Waals surface area contributed by atoms with Gasteiger partial charge in [-0.1, -0.05) is 19.8 Å². The second-order valence-corrected chi connectivity index (χ2v) is 4.14. The average Bonchev–Trinajstić information content (AvgIpc) is 2.16. The third-order valence-corrected chi connectivity index (χ3v) is 2.96. The molecule has 1 aliphatic rings. The summed E-state index contributed by atoms with van der Waals surface area (Å²) in [6.07, 6.45) is 6.20. The van der Waals surface area contributed by atoms with E-state index in [9.17, 15) is 4.79 Å². The van der Waals surface area contributed by atoms with Gasteiger partial charge in [0.2, 0.25) is 0 Å². The molecule has 0 radical (unpaired) electrons. The SMILES string of the molecule is CCCCN1CCCC[C@@H]1CC(=O)O. The summed E-state index contributed by atoms with van der Waals surface area (Å²) in [5.41, 5.74) is 0. The van der Waals surface area contributed by atoms with Gasteiger partial charge in [-0.25, -0.2) is 0 Å². The van der Waals surface area contributed by atoms with E-state index in [1.165, 1.54) is 25.7 Å². The van der Waals surface area contributed by atoms with Crippen molar-refractivity contribution in [1.82, 2.24) is 4.90 Å². The predicted molar refractivity (Wildman–Crippen MR) is 56.4 cm³/mol. The Bertz CT molecular complexity index is 182. The van der Waals surface area contributed by atoms with Gasteiger partial charge in [0.05, 0.1) is 6.42 Å². The van der Waals surface area contributed by atoms with E-state index in [0.717, 1.165) is 19.5 Å². The molecule has 1 atom stereocenters. The van der Waals surface area contributed by atoms with E-state index < -0.39 is 5.97 Å². The minimum Gasteiger partial charge on any atom is -0.481 e. The Morgan fingerprint density at radius 2 is 2.29 bits per heavy atom. The molecule has 0 aromatic carbocycles. The Morgan fingerprint density at radius 1 is 1.50 bits per heavy atom. The maximum atomic E-state index is 10.7. The number of carbonyl (C=O) groups is 1. The number of likely N-dealkylation sites (tertiary alicyclic amines) is 1. The molecule has 1 aliphatic heterocycles. The third-order valence-electron chi connectivity index (χ3n) is 2.96. The number of unbranched alkanes of at least 4 members (excludes halogenated alkanes) is 1. The van der Waals surface area contributed by atoms with E-state index in [2.05, 4.69) is 11.8 Å². The van der Waals surface area contributed by atoms with Gasteiger partial charge in [-0.05, 0) is 32.4 Å². The Balaban J connectivity index is 2.37. The van der Waals surface area contributed by atoms with Crippen molar-refractivity contribution in [2.24, 2.45) is 0 Å². The fourth-order valence-corrected chi connectivity index (χ4v) is 2.15. The number of rotatable bonds is 5. The van der Waals surface area contributed by atoms with Crippen LogP contribution in [0.1, 0.15) is 45.4 Å².